The van der Waals surface area contributed by atoms with Gasteiger partial charge < -0.3 is 5.11 Å². The molecule has 0 radical (unpaired) electrons. The van der Waals surface area contributed by atoms with Gasteiger partial charge in [-0.05, 0) is 53.0 Å². The molecule has 1 aliphatic heterocycles. The summed E-state index contributed by atoms with van der Waals surface area (Å²) in [6.07, 6.45) is 3.69. The molecular formula is C11H15BrN2O. The van der Waals surface area contributed by atoms with Crippen molar-refractivity contribution in [1.82, 2.24) is 9.88 Å². The highest BCUT2D eigenvalue weighted by Crippen LogP contribution is 2.15. The van der Waals surface area contributed by atoms with E-state index in [0.717, 1.165) is 37.1 Å². The maximum atomic E-state index is 9.55. The minimum Gasteiger partial charge on any atom is -0.392 e. The number of rotatable bonds is 2. The average Bonchev–Trinajstić information content (AvgIpc) is 2.17. The molecular weight excluding hydrogens is 256 g/mol. The lowest BCUT2D eigenvalue weighted by Gasteiger charge is -2.29. The van der Waals surface area contributed by atoms with E-state index in [1.807, 2.05) is 12.1 Å². The molecule has 1 aromatic rings. The monoisotopic (exact) mass is 270 g/mol. The molecule has 2 rings (SSSR count). The van der Waals surface area contributed by atoms with Gasteiger partial charge in [0.1, 0.15) is 4.60 Å². The summed E-state index contributed by atoms with van der Waals surface area (Å²) in [5.41, 5.74) is 1.24. The number of halogens is 1. The molecule has 82 valence electrons. The number of hydrogen-bond acceptors (Lipinski definition) is 3. The van der Waals surface area contributed by atoms with Crippen LogP contribution in [0.25, 0.3) is 0 Å². The Hall–Kier alpha value is -0.450. The molecule has 0 bridgehead atoms. The van der Waals surface area contributed by atoms with Crippen LogP contribution in [0.3, 0.4) is 0 Å². The van der Waals surface area contributed by atoms with Crippen LogP contribution < -0.4 is 0 Å². The van der Waals surface area contributed by atoms with Crippen molar-refractivity contribution in [3.05, 3.63) is 28.5 Å². The third-order valence-electron chi connectivity index (χ3n) is 2.68. The zero-order valence-corrected chi connectivity index (χ0v) is 10.2. The molecule has 0 aromatic carbocycles. The maximum Gasteiger partial charge on any atom is 0.106 e. The van der Waals surface area contributed by atoms with Gasteiger partial charge in [-0.3, -0.25) is 4.90 Å². The fraction of sp³-hybridized carbons (Fsp3) is 0.545. The summed E-state index contributed by atoms with van der Waals surface area (Å²) in [4.78, 5) is 6.38. The lowest BCUT2D eigenvalue weighted by molar-refractivity contribution is 0.0668. The lowest BCUT2D eigenvalue weighted by Crippen LogP contribution is -2.37. The van der Waals surface area contributed by atoms with Gasteiger partial charge in [0, 0.05) is 19.3 Å². The number of β-amino-alcohol motifs (C(OH)–C–C–N with tert-alkyl or cyclic N) is 1. The van der Waals surface area contributed by atoms with E-state index in [1.54, 1.807) is 6.20 Å². The Bertz CT molecular complexity index is 332. The zero-order chi connectivity index (χ0) is 10.7. The van der Waals surface area contributed by atoms with E-state index in [4.69, 9.17) is 0 Å². The fourth-order valence-electron chi connectivity index (χ4n) is 1.97. The zero-order valence-electron chi connectivity index (χ0n) is 8.56. The number of piperidine rings is 1. The molecule has 2 heterocycles. The predicted molar refractivity (Wildman–Crippen MR) is 62.5 cm³/mol. The van der Waals surface area contributed by atoms with Crippen LogP contribution in [0, 0.1) is 0 Å². The van der Waals surface area contributed by atoms with Crippen molar-refractivity contribution in [1.29, 1.82) is 0 Å². The highest BCUT2D eigenvalue weighted by molar-refractivity contribution is 9.10. The Morgan fingerprint density at radius 1 is 1.60 bits per heavy atom. The van der Waals surface area contributed by atoms with E-state index in [9.17, 15) is 5.11 Å². The fourth-order valence-corrected chi connectivity index (χ4v) is 2.39. The van der Waals surface area contributed by atoms with Crippen LogP contribution in [-0.4, -0.2) is 34.2 Å². The number of pyridine rings is 1. The third-order valence-corrected chi connectivity index (χ3v) is 3.11. The summed E-state index contributed by atoms with van der Waals surface area (Å²) < 4.78 is 0.873. The van der Waals surface area contributed by atoms with Gasteiger partial charge >= 0.3 is 0 Å². The first kappa shape index (κ1) is 11.0. The first-order chi connectivity index (χ1) is 7.24. The number of aliphatic hydroxyl groups excluding tert-OH is 1. The second kappa shape index (κ2) is 5.05. The standard InChI is InChI=1S/C11H15BrN2O/c12-11-6-9(3-4-13-11)7-14-5-1-2-10(15)8-14/h3-4,6,10,15H,1-2,5,7-8H2. The summed E-state index contributed by atoms with van der Waals surface area (Å²) in [6, 6.07) is 4.05. The summed E-state index contributed by atoms with van der Waals surface area (Å²) in [6.45, 7) is 2.77. The van der Waals surface area contributed by atoms with Crippen LogP contribution in [-0.2, 0) is 6.54 Å². The predicted octanol–water partition coefficient (Wildman–Crippen LogP) is 1.80. The average molecular weight is 271 g/mol. The Kier molecular flexibility index (Phi) is 3.72. The van der Waals surface area contributed by atoms with E-state index >= 15 is 0 Å². The van der Waals surface area contributed by atoms with Gasteiger partial charge in [0.05, 0.1) is 6.10 Å². The van der Waals surface area contributed by atoms with Gasteiger partial charge in [-0.1, -0.05) is 0 Å². The molecule has 1 atom stereocenters. The van der Waals surface area contributed by atoms with Gasteiger partial charge in [-0.25, -0.2) is 4.98 Å². The molecule has 0 aliphatic carbocycles. The number of aromatic nitrogens is 1. The molecule has 4 heteroatoms. The highest BCUT2D eigenvalue weighted by atomic mass is 79.9. The SMILES string of the molecule is OC1CCCN(Cc2ccnc(Br)c2)C1. The molecule has 1 saturated heterocycles. The number of aliphatic hydroxyl groups is 1. The largest absolute Gasteiger partial charge is 0.392 e. The van der Waals surface area contributed by atoms with E-state index in [-0.39, 0.29) is 6.10 Å². The maximum absolute atomic E-state index is 9.55. The van der Waals surface area contributed by atoms with E-state index in [2.05, 4.69) is 25.8 Å². The van der Waals surface area contributed by atoms with Crippen molar-refractivity contribution in [2.75, 3.05) is 13.1 Å². The van der Waals surface area contributed by atoms with Gasteiger partial charge in [-0.15, -0.1) is 0 Å². The molecule has 0 saturated carbocycles. The molecule has 1 fully saturated rings. The van der Waals surface area contributed by atoms with E-state index in [0.29, 0.717) is 0 Å². The molecule has 15 heavy (non-hydrogen) atoms. The summed E-state index contributed by atoms with van der Waals surface area (Å²) >= 11 is 3.36. The van der Waals surface area contributed by atoms with E-state index in [1.165, 1.54) is 5.56 Å². The van der Waals surface area contributed by atoms with Gasteiger partial charge in [0.25, 0.3) is 0 Å². The van der Waals surface area contributed by atoms with Crippen molar-refractivity contribution < 1.29 is 5.11 Å². The summed E-state index contributed by atoms with van der Waals surface area (Å²) in [5.74, 6) is 0. The Morgan fingerprint density at radius 2 is 2.47 bits per heavy atom. The van der Waals surface area contributed by atoms with Crippen molar-refractivity contribution in [3.63, 3.8) is 0 Å². The van der Waals surface area contributed by atoms with Gasteiger partial charge in [0.2, 0.25) is 0 Å². The second-order valence-electron chi connectivity index (χ2n) is 4.02. The van der Waals surface area contributed by atoms with Gasteiger partial charge in [0.15, 0.2) is 0 Å². The second-order valence-corrected chi connectivity index (χ2v) is 4.83. The highest BCUT2D eigenvalue weighted by Gasteiger charge is 2.17. The lowest BCUT2D eigenvalue weighted by atomic mass is 10.1. The molecule has 0 spiro atoms. The minimum atomic E-state index is -0.149. The molecule has 1 aliphatic rings. The third kappa shape index (κ3) is 3.26. The van der Waals surface area contributed by atoms with Crippen LogP contribution in [0.2, 0.25) is 0 Å². The minimum absolute atomic E-state index is 0.149. The smallest absolute Gasteiger partial charge is 0.106 e. The molecule has 1 unspecified atom stereocenters. The van der Waals surface area contributed by atoms with Crippen LogP contribution >= 0.6 is 15.9 Å². The van der Waals surface area contributed by atoms with Crippen LogP contribution in [0.15, 0.2) is 22.9 Å². The first-order valence-electron chi connectivity index (χ1n) is 5.25. The first-order valence-corrected chi connectivity index (χ1v) is 6.04. The number of likely N-dealkylation sites (tertiary alicyclic amines) is 1. The van der Waals surface area contributed by atoms with Crippen molar-refractivity contribution >= 4 is 15.9 Å². The van der Waals surface area contributed by atoms with Crippen LogP contribution in [0.4, 0.5) is 0 Å². The quantitative estimate of drug-likeness (QED) is 0.833. The normalized spacial score (nSPS) is 22.9. The van der Waals surface area contributed by atoms with Crippen molar-refractivity contribution in [2.24, 2.45) is 0 Å². The van der Waals surface area contributed by atoms with Crippen LogP contribution in [0.5, 0.6) is 0 Å². The molecule has 1 N–H and O–H groups in total. The van der Waals surface area contributed by atoms with Gasteiger partial charge in [-0.2, -0.15) is 0 Å². The van der Waals surface area contributed by atoms with Crippen molar-refractivity contribution in [2.45, 2.75) is 25.5 Å². The summed E-state index contributed by atoms with van der Waals surface area (Å²) in [5, 5.41) is 9.55. The number of hydrogen-bond donors (Lipinski definition) is 1. The Balaban J connectivity index is 1.96. The molecule has 3 nitrogen and oxygen atoms in total. The molecule has 1 aromatic heterocycles. The molecule has 0 amide bonds. The summed E-state index contributed by atoms with van der Waals surface area (Å²) in [7, 11) is 0. The Morgan fingerprint density at radius 3 is 3.20 bits per heavy atom. The van der Waals surface area contributed by atoms with E-state index < -0.39 is 0 Å². The van der Waals surface area contributed by atoms with Crippen molar-refractivity contribution in [3.8, 4) is 0 Å². The number of nitrogens with zero attached hydrogens (tertiary/aromatic N) is 2. The topological polar surface area (TPSA) is 36.4 Å². The Labute approximate surface area is 98.3 Å². The van der Waals surface area contributed by atoms with Crippen LogP contribution in [0.1, 0.15) is 18.4 Å².